The second-order valence-corrected chi connectivity index (χ2v) is 6.80. The molecule has 0 aromatic heterocycles. The van der Waals surface area contributed by atoms with Gasteiger partial charge in [-0.3, -0.25) is 0 Å². The highest BCUT2D eigenvalue weighted by atomic mass is 16.7. The van der Waals surface area contributed by atoms with Gasteiger partial charge in [0.2, 0.25) is 0 Å². The first-order valence-corrected chi connectivity index (χ1v) is 8.73. The van der Waals surface area contributed by atoms with Gasteiger partial charge in [0.25, 0.3) is 0 Å². The molecule has 2 saturated heterocycles. The molecule has 0 radical (unpaired) electrons. The second-order valence-electron chi connectivity index (χ2n) is 6.80. The Morgan fingerprint density at radius 2 is 1.88 bits per heavy atom. The summed E-state index contributed by atoms with van der Waals surface area (Å²) in [6, 6.07) is 8.39. The van der Waals surface area contributed by atoms with Crippen molar-refractivity contribution >= 4 is 6.03 Å². The highest BCUT2D eigenvalue weighted by Crippen LogP contribution is 2.32. The van der Waals surface area contributed by atoms with Crippen LogP contribution < -0.4 is 10.6 Å². The van der Waals surface area contributed by atoms with Gasteiger partial charge in [-0.1, -0.05) is 24.3 Å². The lowest BCUT2D eigenvalue weighted by Crippen LogP contribution is -2.45. The fourth-order valence-electron chi connectivity index (χ4n) is 3.77. The van der Waals surface area contributed by atoms with E-state index >= 15 is 0 Å². The number of fused-ring (bicyclic) bond motifs is 1. The number of carbonyl (C=O) groups is 1. The lowest BCUT2D eigenvalue weighted by Gasteiger charge is -2.31. The van der Waals surface area contributed by atoms with E-state index in [1.165, 1.54) is 11.1 Å². The van der Waals surface area contributed by atoms with Crippen molar-refractivity contribution in [3.05, 3.63) is 35.4 Å². The number of nitrogens with one attached hydrogen (secondary N) is 2. The normalized spacial score (nSPS) is 25.6. The van der Waals surface area contributed by atoms with E-state index in [1.807, 2.05) is 12.1 Å². The molecule has 6 heteroatoms. The zero-order valence-electron chi connectivity index (χ0n) is 13.8. The van der Waals surface area contributed by atoms with Crippen LogP contribution in [0.25, 0.3) is 0 Å². The molecule has 1 aliphatic carbocycles. The molecule has 1 aromatic carbocycles. The van der Waals surface area contributed by atoms with Gasteiger partial charge in [0.15, 0.2) is 5.79 Å². The predicted molar refractivity (Wildman–Crippen MR) is 87.8 cm³/mol. The molecular weight excluding hydrogens is 308 g/mol. The quantitative estimate of drug-likeness (QED) is 0.877. The van der Waals surface area contributed by atoms with Crippen molar-refractivity contribution in [2.24, 2.45) is 0 Å². The molecule has 4 rings (SSSR count). The predicted octanol–water partition coefficient (Wildman–Crippen LogP) is 1.38. The summed E-state index contributed by atoms with van der Waals surface area (Å²) in [5.41, 5.74) is 2.66. The summed E-state index contributed by atoms with van der Waals surface area (Å²) in [5.74, 6) is -0.492. The molecule has 2 heterocycles. The van der Waals surface area contributed by atoms with Gasteiger partial charge in [0, 0.05) is 25.4 Å². The molecule has 6 nitrogen and oxygen atoms in total. The lowest BCUT2D eigenvalue weighted by molar-refractivity contribution is -0.210. The molecule has 1 aromatic rings. The Bertz CT molecular complexity index is 575. The monoisotopic (exact) mass is 332 g/mol. The van der Waals surface area contributed by atoms with Crippen LogP contribution in [0.3, 0.4) is 0 Å². The summed E-state index contributed by atoms with van der Waals surface area (Å²) in [7, 11) is 0. The number of benzene rings is 1. The number of rotatable bonds is 3. The first-order chi connectivity index (χ1) is 11.7. The van der Waals surface area contributed by atoms with E-state index in [0.29, 0.717) is 26.4 Å². The van der Waals surface area contributed by atoms with Gasteiger partial charge in [-0.2, -0.15) is 0 Å². The maximum Gasteiger partial charge on any atom is 0.315 e. The average molecular weight is 332 g/mol. The molecule has 130 valence electrons. The second kappa shape index (κ2) is 6.70. The maximum atomic E-state index is 12.1. The van der Waals surface area contributed by atoms with E-state index in [9.17, 15) is 4.79 Å². The van der Waals surface area contributed by atoms with Gasteiger partial charge in [-0.25, -0.2) is 4.79 Å². The van der Waals surface area contributed by atoms with E-state index < -0.39 is 5.79 Å². The van der Waals surface area contributed by atoms with Gasteiger partial charge in [0.05, 0.1) is 19.8 Å². The highest BCUT2D eigenvalue weighted by molar-refractivity contribution is 5.74. The minimum absolute atomic E-state index is 0.0883. The third kappa shape index (κ3) is 3.41. The summed E-state index contributed by atoms with van der Waals surface area (Å²) in [6.07, 6.45) is 3.23. The molecule has 24 heavy (non-hydrogen) atoms. The number of hydrogen-bond donors (Lipinski definition) is 2. The van der Waals surface area contributed by atoms with Gasteiger partial charge in [-0.15, -0.1) is 0 Å². The van der Waals surface area contributed by atoms with Crippen LogP contribution in [0.4, 0.5) is 4.79 Å². The Hall–Kier alpha value is -1.63. The van der Waals surface area contributed by atoms with E-state index in [-0.39, 0.29) is 18.2 Å². The van der Waals surface area contributed by atoms with Crippen molar-refractivity contribution in [3.63, 3.8) is 0 Å². The van der Waals surface area contributed by atoms with Crippen LogP contribution in [0.15, 0.2) is 24.3 Å². The third-order valence-electron chi connectivity index (χ3n) is 5.04. The van der Waals surface area contributed by atoms with Gasteiger partial charge in [-0.05, 0) is 24.0 Å². The number of hydrogen-bond acceptors (Lipinski definition) is 4. The van der Waals surface area contributed by atoms with Crippen molar-refractivity contribution in [2.45, 2.75) is 43.6 Å². The fraction of sp³-hybridized carbons (Fsp3) is 0.611. The van der Waals surface area contributed by atoms with Crippen LogP contribution in [-0.4, -0.2) is 50.3 Å². The number of amides is 2. The number of urea groups is 1. The van der Waals surface area contributed by atoms with E-state index in [1.54, 1.807) is 0 Å². The Morgan fingerprint density at radius 3 is 2.58 bits per heavy atom. The zero-order chi connectivity index (χ0) is 16.4. The molecule has 2 fully saturated rings. The summed E-state index contributed by atoms with van der Waals surface area (Å²) >= 11 is 0. The van der Waals surface area contributed by atoms with Crippen molar-refractivity contribution in [1.29, 1.82) is 0 Å². The third-order valence-corrected chi connectivity index (χ3v) is 5.04. The molecule has 0 unspecified atom stereocenters. The highest BCUT2D eigenvalue weighted by Gasteiger charge is 2.42. The van der Waals surface area contributed by atoms with Crippen LogP contribution in [-0.2, 0) is 27.1 Å². The van der Waals surface area contributed by atoms with Crippen LogP contribution in [0.2, 0.25) is 0 Å². The van der Waals surface area contributed by atoms with Crippen LogP contribution in [0.1, 0.15) is 24.0 Å². The van der Waals surface area contributed by atoms with Crippen LogP contribution in [0, 0.1) is 0 Å². The van der Waals surface area contributed by atoms with Crippen molar-refractivity contribution in [3.8, 4) is 0 Å². The number of carbonyl (C=O) groups excluding carboxylic acids is 1. The smallest absolute Gasteiger partial charge is 0.315 e. The standard InChI is InChI=1S/C18H24N2O4/c21-17(20-15-9-13-3-1-2-4-14(13)10-15)19-11-16-12-23-18(24-16)5-7-22-8-6-18/h1-4,15-16H,5-12H2,(H2,19,20,21)/t16-/m1/s1. The number of ether oxygens (including phenoxy) is 3. The SMILES string of the molecule is O=C(NC[C@@H]1COC2(CCOCC2)O1)NC1Cc2ccccc2C1. The van der Waals surface area contributed by atoms with Gasteiger partial charge >= 0.3 is 6.03 Å². The van der Waals surface area contributed by atoms with Crippen molar-refractivity contribution in [2.75, 3.05) is 26.4 Å². The molecule has 2 aliphatic heterocycles. The Labute approximate surface area is 141 Å². The average Bonchev–Trinajstić information content (AvgIpc) is 3.17. The summed E-state index contributed by atoms with van der Waals surface area (Å²) in [6.45, 7) is 2.33. The van der Waals surface area contributed by atoms with Crippen LogP contribution >= 0.6 is 0 Å². The first-order valence-electron chi connectivity index (χ1n) is 8.73. The minimum Gasteiger partial charge on any atom is -0.381 e. The lowest BCUT2D eigenvalue weighted by atomic mass is 10.1. The van der Waals surface area contributed by atoms with Gasteiger partial charge < -0.3 is 24.8 Å². The van der Waals surface area contributed by atoms with Crippen LogP contribution in [0.5, 0.6) is 0 Å². The summed E-state index contributed by atoms with van der Waals surface area (Å²) in [4.78, 5) is 12.1. The van der Waals surface area contributed by atoms with E-state index in [0.717, 1.165) is 25.7 Å². The molecule has 1 spiro atoms. The molecule has 2 N–H and O–H groups in total. The molecule has 0 saturated carbocycles. The first kappa shape index (κ1) is 15.9. The fourth-order valence-corrected chi connectivity index (χ4v) is 3.77. The molecular formula is C18H24N2O4. The Kier molecular flexibility index (Phi) is 4.43. The summed E-state index contributed by atoms with van der Waals surface area (Å²) in [5, 5.41) is 5.97. The minimum atomic E-state index is -0.492. The largest absolute Gasteiger partial charge is 0.381 e. The maximum absolute atomic E-state index is 12.1. The van der Waals surface area contributed by atoms with Crippen molar-refractivity contribution in [1.82, 2.24) is 10.6 Å². The Morgan fingerprint density at radius 1 is 1.17 bits per heavy atom. The van der Waals surface area contributed by atoms with Gasteiger partial charge in [0.1, 0.15) is 6.10 Å². The molecule has 2 amide bonds. The molecule has 3 aliphatic rings. The topological polar surface area (TPSA) is 68.8 Å². The zero-order valence-corrected chi connectivity index (χ0v) is 13.8. The Balaban J connectivity index is 1.21. The van der Waals surface area contributed by atoms with E-state index in [2.05, 4.69) is 22.8 Å². The molecule has 0 bridgehead atoms. The van der Waals surface area contributed by atoms with E-state index in [4.69, 9.17) is 14.2 Å². The van der Waals surface area contributed by atoms with Crippen molar-refractivity contribution < 1.29 is 19.0 Å². The summed E-state index contributed by atoms with van der Waals surface area (Å²) < 4.78 is 17.2. The molecule has 1 atom stereocenters.